The molecule has 102 valence electrons. The Morgan fingerprint density at radius 3 is 1.95 bits per heavy atom. The number of fused-ring (bicyclic) bond motifs is 1. The van der Waals surface area contributed by atoms with E-state index in [-0.39, 0.29) is 18.0 Å². The second-order valence-electron chi connectivity index (χ2n) is 5.02. The molecule has 3 N–H and O–H groups in total. The first-order valence-corrected chi connectivity index (χ1v) is 6.33. The summed E-state index contributed by atoms with van der Waals surface area (Å²) in [5.74, 6) is 1.77. The van der Waals surface area contributed by atoms with E-state index in [1.54, 1.807) is 12.1 Å². The SMILES string of the molecule is CC(C)Oc1cc2c(cc1OC(C)C)C(N)=NC2=N. The molecule has 1 aliphatic heterocycles. The maximum Gasteiger partial charge on any atom is 0.162 e. The Hall–Kier alpha value is -2.04. The van der Waals surface area contributed by atoms with Crippen LogP contribution in [-0.4, -0.2) is 23.9 Å². The number of ether oxygens (including phenoxy) is 2. The molecule has 0 radical (unpaired) electrons. The molecule has 0 saturated carbocycles. The molecule has 0 atom stereocenters. The summed E-state index contributed by atoms with van der Waals surface area (Å²) in [6.07, 6.45) is 0.0630. The minimum absolute atomic E-state index is 0.0291. The molecule has 1 aromatic carbocycles. The van der Waals surface area contributed by atoms with Crippen LogP contribution in [0.2, 0.25) is 0 Å². The maximum absolute atomic E-state index is 7.79. The van der Waals surface area contributed by atoms with Gasteiger partial charge in [0.25, 0.3) is 0 Å². The number of aliphatic imine (C=N–C) groups is 1. The summed E-state index contributed by atoms with van der Waals surface area (Å²) in [5, 5.41) is 7.79. The molecular weight excluding hydrogens is 242 g/mol. The van der Waals surface area contributed by atoms with E-state index < -0.39 is 0 Å². The zero-order valence-electron chi connectivity index (χ0n) is 11.7. The van der Waals surface area contributed by atoms with Crippen molar-refractivity contribution in [2.45, 2.75) is 39.9 Å². The molecule has 0 spiro atoms. The highest BCUT2D eigenvalue weighted by Gasteiger charge is 2.23. The van der Waals surface area contributed by atoms with Crippen molar-refractivity contribution in [3.05, 3.63) is 23.3 Å². The zero-order valence-corrected chi connectivity index (χ0v) is 11.7. The molecule has 0 saturated heterocycles. The lowest BCUT2D eigenvalue weighted by atomic mass is 10.1. The van der Waals surface area contributed by atoms with Gasteiger partial charge in [0, 0.05) is 11.1 Å². The van der Waals surface area contributed by atoms with Crippen molar-refractivity contribution in [3.8, 4) is 11.5 Å². The number of benzene rings is 1. The topological polar surface area (TPSA) is 80.7 Å². The molecule has 1 aromatic rings. The second-order valence-corrected chi connectivity index (χ2v) is 5.02. The minimum Gasteiger partial charge on any atom is -0.487 e. The van der Waals surface area contributed by atoms with Crippen LogP contribution in [0, 0.1) is 5.41 Å². The van der Waals surface area contributed by atoms with Gasteiger partial charge in [0.05, 0.1) is 12.2 Å². The molecule has 1 aliphatic rings. The standard InChI is InChI=1S/C14H19N3O2/c1-7(2)18-11-5-9-10(14(16)17-13(9)15)6-12(11)19-8(3)4/h5-8H,1-4H3,(H3,15,16,17). The van der Waals surface area contributed by atoms with Crippen molar-refractivity contribution in [1.29, 1.82) is 5.41 Å². The van der Waals surface area contributed by atoms with Gasteiger partial charge in [0.2, 0.25) is 0 Å². The summed E-state index contributed by atoms with van der Waals surface area (Å²) >= 11 is 0. The third kappa shape index (κ3) is 2.70. The van der Waals surface area contributed by atoms with Gasteiger partial charge < -0.3 is 15.2 Å². The van der Waals surface area contributed by atoms with Crippen molar-refractivity contribution in [3.63, 3.8) is 0 Å². The van der Waals surface area contributed by atoms with Crippen LogP contribution in [0.15, 0.2) is 17.1 Å². The summed E-state index contributed by atoms with van der Waals surface area (Å²) in [7, 11) is 0. The molecule has 0 amide bonds. The van der Waals surface area contributed by atoms with Gasteiger partial charge in [-0.3, -0.25) is 5.41 Å². The number of rotatable bonds is 4. The Morgan fingerprint density at radius 2 is 1.47 bits per heavy atom. The van der Waals surface area contributed by atoms with Crippen LogP contribution in [0.4, 0.5) is 0 Å². The first kappa shape index (κ1) is 13.4. The molecule has 2 rings (SSSR count). The van der Waals surface area contributed by atoms with Gasteiger partial charge in [-0.05, 0) is 39.8 Å². The van der Waals surface area contributed by atoms with E-state index in [1.807, 2.05) is 27.7 Å². The smallest absolute Gasteiger partial charge is 0.162 e. The first-order valence-electron chi connectivity index (χ1n) is 6.33. The molecule has 0 aliphatic carbocycles. The van der Waals surface area contributed by atoms with Crippen LogP contribution in [0.25, 0.3) is 0 Å². The molecule has 0 unspecified atom stereocenters. The highest BCUT2D eigenvalue weighted by atomic mass is 16.5. The molecule has 5 heteroatoms. The fourth-order valence-electron chi connectivity index (χ4n) is 1.90. The Morgan fingerprint density at radius 1 is 1.00 bits per heavy atom. The summed E-state index contributed by atoms with van der Waals surface area (Å²) in [4.78, 5) is 3.96. The normalized spacial score (nSPS) is 13.8. The molecule has 1 heterocycles. The number of hydrogen-bond acceptors (Lipinski definition) is 4. The Balaban J connectivity index is 2.48. The number of nitrogens with zero attached hydrogens (tertiary/aromatic N) is 1. The van der Waals surface area contributed by atoms with E-state index in [1.165, 1.54) is 0 Å². The number of amidine groups is 2. The molecule has 0 fully saturated rings. The lowest BCUT2D eigenvalue weighted by Gasteiger charge is -2.18. The minimum atomic E-state index is 0.0291. The van der Waals surface area contributed by atoms with Gasteiger partial charge in [-0.15, -0.1) is 0 Å². The Kier molecular flexibility index (Phi) is 3.46. The van der Waals surface area contributed by atoms with E-state index >= 15 is 0 Å². The van der Waals surface area contributed by atoms with Crippen LogP contribution in [0.3, 0.4) is 0 Å². The van der Waals surface area contributed by atoms with E-state index in [0.717, 1.165) is 5.56 Å². The molecule has 0 bridgehead atoms. The van der Waals surface area contributed by atoms with Gasteiger partial charge in [-0.25, -0.2) is 4.99 Å². The van der Waals surface area contributed by atoms with E-state index in [2.05, 4.69) is 4.99 Å². The third-order valence-corrected chi connectivity index (χ3v) is 2.57. The number of nitrogens with two attached hydrogens (primary N) is 1. The van der Waals surface area contributed by atoms with Crippen LogP contribution >= 0.6 is 0 Å². The lowest BCUT2D eigenvalue weighted by molar-refractivity contribution is 0.199. The highest BCUT2D eigenvalue weighted by Crippen LogP contribution is 2.34. The Bertz CT molecular complexity index is 548. The summed E-state index contributed by atoms with van der Waals surface area (Å²) in [5.41, 5.74) is 7.22. The number of nitrogens with one attached hydrogen (secondary N) is 1. The lowest BCUT2D eigenvalue weighted by Crippen LogP contribution is -2.14. The van der Waals surface area contributed by atoms with Crippen molar-refractivity contribution in [2.24, 2.45) is 10.7 Å². The van der Waals surface area contributed by atoms with Crippen LogP contribution in [-0.2, 0) is 0 Å². The van der Waals surface area contributed by atoms with Crippen molar-refractivity contribution in [2.75, 3.05) is 0 Å². The van der Waals surface area contributed by atoms with Gasteiger partial charge >= 0.3 is 0 Å². The van der Waals surface area contributed by atoms with Crippen LogP contribution < -0.4 is 15.2 Å². The van der Waals surface area contributed by atoms with Crippen LogP contribution in [0.1, 0.15) is 38.8 Å². The highest BCUT2D eigenvalue weighted by molar-refractivity contribution is 6.21. The van der Waals surface area contributed by atoms with Gasteiger partial charge in [-0.2, -0.15) is 0 Å². The predicted molar refractivity (Wildman–Crippen MR) is 75.5 cm³/mol. The summed E-state index contributed by atoms with van der Waals surface area (Å²) in [6.45, 7) is 7.79. The predicted octanol–water partition coefficient (Wildman–Crippen LogP) is 2.31. The van der Waals surface area contributed by atoms with Crippen molar-refractivity contribution >= 4 is 11.7 Å². The fraction of sp³-hybridized carbons (Fsp3) is 0.429. The molecular formula is C14H19N3O2. The quantitative estimate of drug-likeness (QED) is 0.872. The molecule has 5 nitrogen and oxygen atoms in total. The molecule has 0 aromatic heterocycles. The second kappa shape index (κ2) is 4.91. The van der Waals surface area contributed by atoms with Crippen molar-refractivity contribution in [1.82, 2.24) is 0 Å². The average molecular weight is 261 g/mol. The maximum atomic E-state index is 7.79. The van der Waals surface area contributed by atoms with Crippen LogP contribution in [0.5, 0.6) is 11.5 Å². The van der Waals surface area contributed by atoms with Gasteiger partial charge in [0.15, 0.2) is 17.3 Å². The largest absolute Gasteiger partial charge is 0.487 e. The van der Waals surface area contributed by atoms with E-state index in [0.29, 0.717) is 22.9 Å². The van der Waals surface area contributed by atoms with Crippen molar-refractivity contribution < 1.29 is 9.47 Å². The summed E-state index contributed by atoms with van der Waals surface area (Å²) < 4.78 is 11.5. The van der Waals surface area contributed by atoms with Gasteiger partial charge in [-0.1, -0.05) is 0 Å². The number of hydrogen-bond donors (Lipinski definition) is 2. The monoisotopic (exact) mass is 261 g/mol. The van der Waals surface area contributed by atoms with E-state index in [9.17, 15) is 0 Å². The third-order valence-electron chi connectivity index (χ3n) is 2.57. The Labute approximate surface area is 112 Å². The van der Waals surface area contributed by atoms with E-state index in [4.69, 9.17) is 20.6 Å². The average Bonchev–Trinajstić information content (AvgIpc) is 2.54. The van der Waals surface area contributed by atoms with Gasteiger partial charge in [0.1, 0.15) is 5.84 Å². The zero-order chi connectivity index (χ0) is 14.2. The fourth-order valence-corrected chi connectivity index (χ4v) is 1.90. The summed E-state index contributed by atoms with van der Waals surface area (Å²) in [6, 6.07) is 3.58. The first-order chi connectivity index (χ1) is 8.88. The molecule has 19 heavy (non-hydrogen) atoms.